The molecule has 10 nitrogen and oxygen atoms in total. The average molecular weight is 450 g/mol. The van der Waals surface area contributed by atoms with Gasteiger partial charge in [-0.2, -0.15) is 5.10 Å². The number of nitrogens with one attached hydrogen (secondary N) is 1. The van der Waals surface area contributed by atoms with Crippen LogP contribution in [0, 0.1) is 0 Å². The first-order valence-corrected chi connectivity index (χ1v) is 11.8. The lowest BCUT2D eigenvalue weighted by Gasteiger charge is -2.35. The van der Waals surface area contributed by atoms with E-state index in [4.69, 9.17) is 0 Å². The third kappa shape index (κ3) is 4.69. The van der Waals surface area contributed by atoms with Gasteiger partial charge in [-0.3, -0.25) is 4.68 Å². The van der Waals surface area contributed by atoms with Gasteiger partial charge in [0.25, 0.3) is 0 Å². The third-order valence-electron chi connectivity index (χ3n) is 6.56. The number of amides is 2. The predicted molar refractivity (Wildman–Crippen MR) is 127 cm³/mol. The van der Waals surface area contributed by atoms with E-state index >= 15 is 0 Å². The number of anilines is 2. The second kappa shape index (κ2) is 9.60. The molecule has 5 rings (SSSR count). The first-order chi connectivity index (χ1) is 16.2. The van der Waals surface area contributed by atoms with Crippen molar-refractivity contribution in [3.05, 3.63) is 36.4 Å². The maximum Gasteiger partial charge on any atom is 0.317 e. The summed E-state index contributed by atoms with van der Waals surface area (Å²) in [7, 11) is 1.88. The molecule has 3 aromatic rings. The van der Waals surface area contributed by atoms with Gasteiger partial charge in [0.2, 0.25) is 0 Å². The van der Waals surface area contributed by atoms with E-state index in [0.717, 1.165) is 54.4 Å². The highest BCUT2D eigenvalue weighted by Gasteiger charge is 2.24. The number of hydrogen-bond acceptors (Lipinski definition) is 7. The Balaban J connectivity index is 1.15. The van der Waals surface area contributed by atoms with E-state index in [1.165, 1.54) is 25.7 Å². The molecule has 2 aliphatic heterocycles. The van der Waals surface area contributed by atoms with Gasteiger partial charge in [0.05, 0.1) is 11.6 Å². The van der Waals surface area contributed by atoms with Crippen molar-refractivity contribution >= 4 is 28.7 Å². The Hall–Kier alpha value is -3.43. The van der Waals surface area contributed by atoms with Crippen LogP contribution >= 0.6 is 0 Å². The van der Waals surface area contributed by atoms with Crippen molar-refractivity contribution in [1.29, 1.82) is 0 Å². The molecule has 1 N–H and O–H groups in total. The number of carbonyl (C=O) groups excluding carboxylic acids is 1. The highest BCUT2D eigenvalue weighted by atomic mass is 16.2. The van der Waals surface area contributed by atoms with Crippen molar-refractivity contribution in [2.45, 2.75) is 32.2 Å². The molecule has 2 saturated heterocycles. The fourth-order valence-electron chi connectivity index (χ4n) is 4.66. The van der Waals surface area contributed by atoms with Crippen molar-refractivity contribution in [2.75, 3.05) is 49.1 Å². The fourth-order valence-corrected chi connectivity index (χ4v) is 4.66. The Morgan fingerprint density at radius 1 is 0.970 bits per heavy atom. The molecule has 174 valence electrons. The molecule has 0 radical (unpaired) electrons. The number of nitrogens with zero attached hydrogens (tertiary/aromatic N) is 8. The molecule has 33 heavy (non-hydrogen) atoms. The molecule has 0 atom stereocenters. The molecule has 0 aliphatic carbocycles. The summed E-state index contributed by atoms with van der Waals surface area (Å²) in [6, 6.07) is 4.06. The van der Waals surface area contributed by atoms with Crippen molar-refractivity contribution in [2.24, 2.45) is 7.05 Å². The number of rotatable bonds is 4. The van der Waals surface area contributed by atoms with Crippen LogP contribution in [-0.2, 0) is 13.6 Å². The first kappa shape index (κ1) is 21.4. The summed E-state index contributed by atoms with van der Waals surface area (Å²) < 4.78 is 1.75. The van der Waals surface area contributed by atoms with Crippen LogP contribution in [0.15, 0.2) is 30.9 Å². The van der Waals surface area contributed by atoms with Crippen LogP contribution in [0.1, 0.15) is 31.2 Å². The first-order valence-electron chi connectivity index (χ1n) is 11.8. The zero-order chi connectivity index (χ0) is 22.6. The summed E-state index contributed by atoms with van der Waals surface area (Å²) >= 11 is 0. The van der Waals surface area contributed by atoms with Crippen LogP contribution in [0.3, 0.4) is 0 Å². The van der Waals surface area contributed by atoms with Gasteiger partial charge < -0.3 is 20.0 Å². The molecule has 2 fully saturated rings. The zero-order valence-electron chi connectivity index (χ0n) is 19.2. The summed E-state index contributed by atoms with van der Waals surface area (Å²) in [5, 5.41) is 8.32. The van der Waals surface area contributed by atoms with Crippen molar-refractivity contribution in [3.8, 4) is 0 Å². The second-order valence-corrected chi connectivity index (χ2v) is 8.76. The molecule has 10 heteroatoms. The van der Waals surface area contributed by atoms with E-state index < -0.39 is 0 Å². The lowest BCUT2D eigenvalue weighted by Crippen LogP contribution is -2.52. The Morgan fingerprint density at radius 3 is 2.55 bits per heavy atom. The molecule has 0 spiro atoms. The summed E-state index contributed by atoms with van der Waals surface area (Å²) in [5.74, 6) is 1.90. The van der Waals surface area contributed by atoms with Crippen molar-refractivity contribution < 1.29 is 4.79 Å². The van der Waals surface area contributed by atoms with E-state index in [0.29, 0.717) is 19.6 Å². The monoisotopic (exact) mass is 449 g/mol. The van der Waals surface area contributed by atoms with E-state index in [9.17, 15) is 4.79 Å². The van der Waals surface area contributed by atoms with Gasteiger partial charge in [-0.15, -0.1) is 0 Å². The number of aromatic nitrogens is 5. The number of urea groups is 1. The second-order valence-electron chi connectivity index (χ2n) is 8.76. The molecule has 5 heterocycles. The topological polar surface area (TPSA) is 95.3 Å². The Labute approximate surface area is 193 Å². The normalized spacial score (nSPS) is 17.3. The Morgan fingerprint density at radius 2 is 1.76 bits per heavy atom. The van der Waals surface area contributed by atoms with E-state index in [1.54, 1.807) is 17.2 Å². The van der Waals surface area contributed by atoms with Gasteiger partial charge in [-0.05, 0) is 30.5 Å². The van der Waals surface area contributed by atoms with Crippen molar-refractivity contribution in [3.63, 3.8) is 0 Å². The van der Waals surface area contributed by atoms with Gasteiger partial charge >= 0.3 is 6.03 Å². The molecule has 0 unspecified atom stereocenters. The van der Waals surface area contributed by atoms with Gasteiger partial charge in [-0.25, -0.2) is 19.7 Å². The van der Waals surface area contributed by atoms with E-state index in [1.807, 2.05) is 24.2 Å². The highest BCUT2D eigenvalue weighted by molar-refractivity contribution is 5.86. The van der Waals surface area contributed by atoms with Crippen LogP contribution in [0.5, 0.6) is 0 Å². The number of pyridine rings is 1. The quantitative estimate of drug-likeness (QED) is 0.652. The zero-order valence-corrected chi connectivity index (χ0v) is 19.2. The number of fused-ring (bicyclic) bond motifs is 1. The van der Waals surface area contributed by atoms with Crippen LogP contribution in [0.4, 0.5) is 16.4 Å². The molecular formula is C23H31N9O. The third-order valence-corrected chi connectivity index (χ3v) is 6.56. The molecule has 0 aromatic carbocycles. The number of aryl methyl sites for hydroxylation is 1. The standard InChI is InChI=1S/C23H31N9O/c1-29-21-19(16-28-29)22(27-17-26-21)31-10-12-32(13-11-31)23(33)25-15-18-6-7-24-20(14-18)30-8-4-2-3-5-9-30/h6-7,14,16-17H,2-5,8-13,15H2,1H3,(H,25,33). The highest BCUT2D eigenvalue weighted by Crippen LogP contribution is 2.23. The minimum Gasteiger partial charge on any atom is -0.357 e. The van der Waals surface area contributed by atoms with Gasteiger partial charge in [0.15, 0.2) is 5.65 Å². The fraction of sp³-hybridized carbons (Fsp3) is 0.522. The van der Waals surface area contributed by atoms with Crippen LogP contribution in [-0.4, -0.2) is 74.9 Å². The maximum atomic E-state index is 12.8. The number of piperazine rings is 1. The lowest BCUT2D eigenvalue weighted by molar-refractivity contribution is 0.194. The molecular weight excluding hydrogens is 418 g/mol. The average Bonchev–Trinajstić information content (AvgIpc) is 3.06. The Kier molecular flexibility index (Phi) is 6.23. The maximum absolute atomic E-state index is 12.8. The molecule has 0 bridgehead atoms. The minimum atomic E-state index is -0.0306. The van der Waals surface area contributed by atoms with Crippen LogP contribution in [0.25, 0.3) is 11.0 Å². The van der Waals surface area contributed by atoms with Gasteiger partial charge in [-0.1, -0.05) is 12.8 Å². The molecule has 2 aliphatic rings. The van der Waals surface area contributed by atoms with E-state index in [2.05, 4.69) is 41.2 Å². The summed E-state index contributed by atoms with van der Waals surface area (Å²) in [5.41, 5.74) is 1.90. The molecule has 2 amide bonds. The summed E-state index contributed by atoms with van der Waals surface area (Å²) in [6.07, 6.45) is 10.3. The molecule has 3 aromatic heterocycles. The molecule has 0 saturated carbocycles. The largest absolute Gasteiger partial charge is 0.357 e. The number of hydrogen-bond donors (Lipinski definition) is 1. The summed E-state index contributed by atoms with van der Waals surface area (Å²) in [6.45, 7) is 5.37. The minimum absolute atomic E-state index is 0.0306. The number of carbonyl (C=O) groups is 1. The van der Waals surface area contributed by atoms with Crippen molar-refractivity contribution in [1.82, 2.24) is 34.9 Å². The van der Waals surface area contributed by atoms with Gasteiger partial charge in [0, 0.05) is 59.1 Å². The Bertz CT molecular complexity index is 1100. The van der Waals surface area contributed by atoms with Gasteiger partial charge in [0.1, 0.15) is 18.0 Å². The van der Waals surface area contributed by atoms with Crippen LogP contribution in [0.2, 0.25) is 0 Å². The predicted octanol–water partition coefficient (Wildman–Crippen LogP) is 2.17. The lowest BCUT2D eigenvalue weighted by atomic mass is 10.2. The SMILES string of the molecule is Cn1ncc2c(N3CCN(C(=O)NCc4ccnc(N5CCCCCC5)c4)CC3)ncnc21. The van der Waals surface area contributed by atoms with Crippen LogP contribution < -0.4 is 15.1 Å². The van der Waals surface area contributed by atoms with E-state index in [-0.39, 0.29) is 6.03 Å². The summed E-state index contributed by atoms with van der Waals surface area (Å²) in [4.78, 5) is 32.6. The smallest absolute Gasteiger partial charge is 0.317 e.